The maximum Gasteiger partial charge on any atom is 0.252 e. The number of rotatable bonds is 7. The van der Waals surface area contributed by atoms with Crippen molar-refractivity contribution in [2.75, 3.05) is 20.3 Å². The highest BCUT2D eigenvalue weighted by Gasteiger charge is 2.28. The van der Waals surface area contributed by atoms with Crippen molar-refractivity contribution in [2.45, 2.75) is 24.1 Å². The molecule has 0 saturated heterocycles. The summed E-state index contributed by atoms with van der Waals surface area (Å²) in [6.07, 6.45) is 0. The van der Waals surface area contributed by atoms with E-state index in [0.717, 1.165) is 11.3 Å². The van der Waals surface area contributed by atoms with Gasteiger partial charge in [0.2, 0.25) is 0 Å². The Morgan fingerprint density at radius 1 is 1.53 bits per heavy atom. The van der Waals surface area contributed by atoms with Crippen LogP contribution in [0.2, 0.25) is 0 Å². The summed E-state index contributed by atoms with van der Waals surface area (Å²) in [6, 6.07) is 3.03. The van der Waals surface area contributed by atoms with Gasteiger partial charge in [0.05, 0.1) is 11.5 Å². The smallest absolute Gasteiger partial charge is 0.252 e. The molecule has 1 aromatic heterocycles. The minimum atomic E-state index is -3.53. The van der Waals surface area contributed by atoms with E-state index in [1.165, 1.54) is 10.4 Å². The first kappa shape index (κ1) is 16.5. The van der Waals surface area contributed by atoms with Crippen LogP contribution in [0.5, 0.6) is 0 Å². The van der Waals surface area contributed by atoms with E-state index in [9.17, 15) is 8.42 Å². The lowest BCUT2D eigenvalue weighted by Crippen LogP contribution is -2.38. The molecule has 0 saturated carbocycles. The molecule has 0 fully saturated rings. The largest absolute Gasteiger partial charge is 0.389 e. The van der Waals surface area contributed by atoms with Crippen LogP contribution in [0.3, 0.4) is 0 Å². The predicted molar refractivity (Wildman–Crippen MR) is 81.1 cm³/mol. The second-order valence-electron chi connectivity index (χ2n) is 4.19. The predicted octanol–water partition coefficient (Wildman–Crippen LogP) is 1.43. The third-order valence-electron chi connectivity index (χ3n) is 2.48. The van der Waals surface area contributed by atoms with Crippen molar-refractivity contribution >= 4 is 38.6 Å². The number of hydrogen-bond donors (Lipinski definition) is 1. The first-order chi connectivity index (χ1) is 8.80. The molecule has 0 unspecified atom stereocenters. The van der Waals surface area contributed by atoms with Gasteiger partial charge in [0.15, 0.2) is 0 Å². The minimum Gasteiger partial charge on any atom is -0.389 e. The van der Waals surface area contributed by atoms with Crippen molar-refractivity contribution < 1.29 is 13.2 Å². The van der Waals surface area contributed by atoms with Gasteiger partial charge in [-0.2, -0.15) is 4.31 Å². The summed E-state index contributed by atoms with van der Waals surface area (Å²) < 4.78 is 31.6. The van der Waals surface area contributed by atoms with Crippen LogP contribution in [-0.4, -0.2) is 44.0 Å². The Kier molecular flexibility index (Phi) is 5.87. The maximum atomic E-state index is 12.5. The van der Waals surface area contributed by atoms with E-state index in [1.807, 2.05) is 13.8 Å². The van der Waals surface area contributed by atoms with E-state index in [-0.39, 0.29) is 15.2 Å². The Labute approximate surface area is 123 Å². The molecule has 0 amide bonds. The van der Waals surface area contributed by atoms with Crippen molar-refractivity contribution in [1.29, 1.82) is 0 Å². The molecule has 5 nitrogen and oxygen atoms in total. The standard InChI is InChI=1S/C11H18N2O3S3/c1-8(2)13(6-7-16-3)19(14,15)10-5-4-9(18-10)11(12)17/h4-5,8H,6-7H2,1-3H3,(H2,12,17). The van der Waals surface area contributed by atoms with E-state index in [4.69, 9.17) is 22.7 Å². The number of hydrogen-bond acceptors (Lipinski definition) is 5. The summed E-state index contributed by atoms with van der Waals surface area (Å²) in [5.41, 5.74) is 5.50. The van der Waals surface area contributed by atoms with Crippen molar-refractivity contribution in [3.05, 3.63) is 17.0 Å². The normalized spacial score (nSPS) is 12.3. The second kappa shape index (κ2) is 6.76. The molecule has 0 aromatic carbocycles. The summed E-state index contributed by atoms with van der Waals surface area (Å²) in [5.74, 6) is 0. The molecule has 1 rings (SSSR count). The fraction of sp³-hybridized carbons (Fsp3) is 0.545. The first-order valence-electron chi connectivity index (χ1n) is 5.71. The average molecular weight is 322 g/mol. The highest BCUT2D eigenvalue weighted by molar-refractivity contribution is 7.91. The lowest BCUT2D eigenvalue weighted by molar-refractivity contribution is 0.171. The molecule has 1 heterocycles. The molecule has 0 spiro atoms. The van der Waals surface area contributed by atoms with Gasteiger partial charge in [0.25, 0.3) is 10.0 Å². The van der Waals surface area contributed by atoms with Gasteiger partial charge in [-0.25, -0.2) is 8.42 Å². The van der Waals surface area contributed by atoms with Gasteiger partial charge in [-0.05, 0) is 26.0 Å². The van der Waals surface area contributed by atoms with E-state index in [0.29, 0.717) is 18.0 Å². The number of ether oxygens (including phenoxy) is 1. The molecule has 0 radical (unpaired) electrons. The fourth-order valence-electron chi connectivity index (χ4n) is 1.54. The fourth-order valence-corrected chi connectivity index (χ4v) is 4.65. The molecule has 0 aliphatic rings. The second-order valence-corrected chi connectivity index (χ2v) is 7.83. The highest BCUT2D eigenvalue weighted by Crippen LogP contribution is 2.26. The van der Waals surface area contributed by atoms with Crippen molar-refractivity contribution in [3.63, 3.8) is 0 Å². The number of nitrogens with zero attached hydrogens (tertiary/aromatic N) is 1. The topological polar surface area (TPSA) is 72.6 Å². The third kappa shape index (κ3) is 3.96. The molecular weight excluding hydrogens is 304 g/mol. The number of methoxy groups -OCH3 is 1. The van der Waals surface area contributed by atoms with Gasteiger partial charge in [-0.1, -0.05) is 12.2 Å². The van der Waals surface area contributed by atoms with Crippen molar-refractivity contribution in [3.8, 4) is 0 Å². The van der Waals surface area contributed by atoms with Crippen molar-refractivity contribution in [2.24, 2.45) is 5.73 Å². The van der Waals surface area contributed by atoms with Gasteiger partial charge in [0, 0.05) is 19.7 Å². The average Bonchev–Trinajstić information content (AvgIpc) is 2.78. The van der Waals surface area contributed by atoms with Gasteiger partial charge >= 0.3 is 0 Å². The molecule has 0 atom stereocenters. The zero-order chi connectivity index (χ0) is 14.6. The number of sulfonamides is 1. The first-order valence-corrected chi connectivity index (χ1v) is 8.37. The zero-order valence-electron chi connectivity index (χ0n) is 11.1. The van der Waals surface area contributed by atoms with Crippen LogP contribution in [-0.2, 0) is 14.8 Å². The van der Waals surface area contributed by atoms with E-state index >= 15 is 0 Å². The minimum absolute atomic E-state index is 0.143. The zero-order valence-corrected chi connectivity index (χ0v) is 13.6. The number of thiocarbonyl (C=S) groups is 1. The molecule has 108 valence electrons. The molecule has 0 bridgehead atoms. The summed E-state index contributed by atoms with van der Waals surface area (Å²) in [4.78, 5) is 0.809. The van der Waals surface area contributed by atoms with Crippen molar-refractivity contribution in [1.82, 2.24) is 4.31 Å². The highest BCUT2D eigenvalue weighted by atomic mass is 32.2. The SMILES string of the molecule is COCCN(C(C)C)S(=O)(=O)c1ccc(C(N)=S)s1. The lowest BCUT2D eigenvalue weighted by atomic mass is 10.4. The van der Waals surface area contributed by atoms with Gasteiger partial charge < -0.3 is 10.5 Å². The quantitative estimate of drug-likeness (QED) is 0.769. The van der Waals surface area contributed by atoms with Crippen LogP contribution in [0.1, 0.15) is 18.7 Å². The Balaban J connectivity index is 3.07. The molecule has 0 aliphatic carbocycles. The molecule has 19 heavy (non-hydrogen) atoms. The summed E-state index contributed by atoms with van der Waals surface area (Å²) in [5, 5.41) is 0. The Bertz CT molecular complexity index is 537. The lowest BCUT2D eigenvalue weighted by Gasteiger charge is -2.24. The Morgan fingerprint density at radius 2 is 2.16 bits per heavy atom. The monoisotopic (exact) mass is 322 g/mol. The summed E-state index contributed by atoms with van der Waals surface area (Å²) >= 11 is 5.94. The Morgan fingerprint density at radius 3 is 2.58 bits per heavy atom. The maximum absolute atomic E-state index is 12.5. The Hall–Kier alpha value is -0.540. The van der Waals surface area contributed by atoms with E-state index in [2.05, 4.69) is 0 Å². The van der Waals surface area contributed by atoms with Crippen LogP contribution in [0, 0.1) is 0 Å². The van der Waals surface area contributed by atoms with Crippen LogP contribution < -0.4 is 5.73 Å². The molecule has 1 aromatic rings. The van der Waals surface area contributed by atoms with Gasteiger partial charge in [-0.3, -0.25) is 0 Å². The van der Waals surface area contributed by atoms with E-state index < -0.39 is 10.0 Å². The van der Waals surface area contributed by atoms with Crippen LogP contribution in [0.15, 0.2) is 16.3 Å². The number of nitrogens with two attached hydrogens (primary N) is 1. The summed E-state index contributed by atoms with van der Waals surface area (Å²) in [7, 11) is -1.99. The van der Waals surface area contributed by atoms with Gasteiger partial charge in [0.1, 0.15) is 9.20 Å². The molecule has 0 aliphatic heterocycles. The molecule has 2 N–H and O–H groups in total. The van der Waals surface area contributed by atoms with E-state index in [1.54, 1.807) is 13.2 Å². The number of thiophene rings is 1. The molecular formula is C11H18N2O3S3. The van der Waals surface area contributed by atoms with Gasteiger partial charge in [-0.15, -0.1) is 11.3 Å². The third-order valence-corrected chi connectivity index (χ3v) is 6.49. The van der Waals surface area contributed by atoms with Crippen LogP contribution in [0.4, 0.5) is 0 Å². The van der Waals surface area contributed by atoms with Crippen LogP contribution in [0.25, 0.3) is 0 Å². The van der Waals surface area contributed by atoms with Crippen LogP contribution >= 0.6 is 23.6 Å². The molecule has 8 heteroatoms. The summed E-state index contributed by atoms with van der Waals surface area (Å²) in [6.45, 7) is 4.33.